The van der Waals surface area contributed by atoms with E-state index in [-0.39, 0.29) is 5.91 Å². The highest BCUT2D eigenvalue weighted by Crippen LogP contribution is 2.38. The van der Waals surface area contributed by atoms with Gasteiger partial charge in [-0.15, -0.1) is 0 Å². The van der Waals surface area contributed by atoms with E-state index in [1.807, 2.05) is 29.2 Å². The van der Waals surface area contributed by atoms with E-state index in [0.29, 0.717) is 17.5 Å². The quantitative estimate of drug-likeness (QED) is 0.804. The molecule has 0 spiro atoms. The van der Waals surface area contributed by atoms with Crippen molar-refractivity contribution in [2.45, 2.75) is 44.8 Å². The second-order valence-electron chi connectivity index (χ2n) is 6.68. The highest BCUT2D eigenvalue weighted by molar-refractivity contribution is 5.95. The number of nitrogens with zero attached hydrogens (tertiary/aromatic N) is 1. The van der Waals surface area contributed by atoms with E-state index in [9.17, 15) is 9.90 Å². The molecule has 0 unspecified atom stereocenters. The number of hydrogen-bond acceptors (Lipinski definition) is 2. The highest BCUT2D eigenvalue weighted by Gasteiger charge is 2.40. The van der Waals surface area contributed by atoms with Crippen molar-refractivity contribution in [3.63, 3.8) is 0 Å². The molecular weight excluding hydrogens is 262 g/mol. The number of piperidine rings is 1. The minimum Gasteiger partial charge on any atom is -0.378 e. The van der Waals surface area contributed by atoms with Crippen LogP contribution < -0.4 is 0 Å². The summed E-state index contributed by atoms with van der Waals surface area (Å²) in [4.78, 5) is 14.6. The van der Waals surface area contributed by atoms with E-state index >= 15 is 0 Å². The Hall–Kier alpha value is -1.79. The maximum atomic E-state index is 12.6. The summed E-state index contributed by atoms with van der Waals surface area (Å²) >= 11 is 0. The molecule has 1 aliphatic heterocycles. The SMILES string of the molecule is CC(C)(O)C#Cc1cccc(C(=O)N2C[C@H]3CC[C@H]2C3)c1. The smallest absolute Gasteiger partial charge is 0.254 e. The van der Waals surface area contributed by atoms with Gasteiger partial charge in [0.05, 0.1) is 0 Å². The number of benzene rings is 1. The zero-order chi connectivity index (χ0) is 15.0. The fraction of sp³-hybridized carbons (Fsp3) is 0.500. The van der Waals surface area contributed by atoms with E-state index in [2.05, 4.69) is 11.8 Å². The third-order valence-corrected chi connectivity index (χ3v) is 4.29. The molecule has 1 saturated heterocycles. The van der Waals surface area contributed by atoms with Crippen LogP contribution in [0, 0.1) is 17.8 Å². The maximum Gasteiger partial charge on any atom is 0.254 e. The van der Waals surface area contributed by atoms with Crippen LogP contribution in [0.3, 0.4) is 0 Å². The van der Waals surface area contributed by atoms with Crippen LogP contribution in [0.25, 0.3) is 0 Å². The molecule has 3 rings (SSSR count). The summed E-state index contributed by atoms with van der Waals surface area (Å²) in [5, 5.41) is 9.65. The first-order valence-electron chi connectivity index (χ1n) is 7.59. The molecule has 1 aromatic rings. The topological polar surface area (TPSA) is 40.5 Å². The molecule has 2 bridgehead atoms. The van der Waals surface area contributed by atoms with Crippen molar-refractivity contribution in [3.8, 4) is 11.8 Å². The first kappa shape index (κ1) is 14.2. The molecule has 1 aliphatic carbocycles. The molecule has 21 heavy (non-hydrogen) atoms. The Kier molecular flexibility index (Phi) is 3.51. The molecule has 0 radical (unpaired) electrons. The Bertz CT molecular complexity index is 618. The molecule has 1 N–H and O–H groups in total. The number of carbonyl (C=O) groups excluding carboxylic acids is 1. The van der Waals surface area contributed by atoms with Gasteiger partial charge in [-0.2, -0.15) is 0 Å². The van der Waals surface area contributed by atoms with Crippen molar-refractivity contribution in [2.75, 3.05) is 6.54 Å². The van der Waals surface area contributed by atoms with Gasteiger partial charge in [0, 0.05) is 23.7 Å². The van der Waals surface area contributed by atoms with E-state index < -0.39 is 5.60 Å². The number of likely N-dealkylation sites (tertiary alicyclic amines) is 1. The summed E-state index contributed by atoms with van der Waals surface area (Å²) in [6.07, 6.45) is 3.59. The summed E-state index contributed by atoms with van der Waals surface area (Å²) in [5.74, 6) is 6.54. The first-order chi connectivity index (χ1) is 9.92. The average Bonchev–Trinajstić information content (AvgIpc) is 3.06. The molecule has 1 amide bonds. The van der Waals surface area contributed by atoms with Crippen LogP contribution in [0.2, 0.25) is 0 Å². The van der Waals surface area contributed by atoms with E-state index in [1.165, 1.54) is 12.8 Å². The Morgan fingerprint density at radius 2 is 2.19 bits per heavy atom. The minimum absolute atomic E-state index is 0.120. The van der Waals surface area contributed by atoms with Crippen LogP contribution in [0.5, 0.6) is 0 Å². The second-order valence-corrected chi connectivity index (χ2v) is 6.68. The van der Waals surface area contributed by atoms with Crippen LogP contribution in [0.1, 0.15) is 49.0 Å². The van der Waals surface area contributed by atoms with Crippen molar-refractivity contribution >= 4 is 5.91 Å². The van der Waals surface area contributed by atoms with Crippen LogP contribution in [0.4, 0.5) is 0 Å². The van der Waals surface area contributed by atoms with Crippen molar-refractivity contribution < 1.29 is 9.90 Å². The Balaban J connectivity index is 1.79. The van der Waals surface area contributed by atoms with Gasteiger partial charge in [0.25, 0.3) is 5.91 Å². The minimum atomic E-state index is -1.02. The van der Waals surface area contributed by atoms with Crippen LogP contribution in [-0.4, -0.2) is 34.1 Å². The molecule has 3 heteroatoms. The standard InChI is InChI=1S/C18H21NO2/c1-18(2,21)9-8-13-4-3-5-15(10-13)17(20)19-12-14-6-7-16(19)11-14/h3-5,10,14,16,21H,6-7,11-12H2,1-2H3/t14-,16-/m0/s1. The lowest BCUT2D eigenvalue weighted by Crippen LogP contribution is -2.37. The normalized spacial score (nSPS) is 23.9. The number of aliphatic hydroxyl groups is 1. The highest BCUT2D eigenvalue weighted by atomic mass is 16.3. The fourth-order valence-electron chi connectivity index (χ4n) is 3.29. The summed E-state index contributed by atoms with van der Waals surface area (Å²) in [5.41, 5.74) is 0.450. The third kappa shape index (κ3) is 3.11. The Morgan fingerprint density at radius 3 is 2.81 bits per heavy atom. The number of fused-ring (bicyclic) bond motifs is 2. The van der Waals surface area contributed by atoms with E-state index in [1.54, 1.807) is 13.8 Å². The van der Waals surface area contributed by atoms with Gasteiger partial charge < -0.3 is 10.0 Å². The van der Waals surface area contributed by atoms with Gasteiger partial charge in [0.1, 0.15) is 5.60 Å². The zero-order valence-corrected chi connectivity index (χ0v) is 12.6. The van der Waals surface area contributed by atoms with Crippen LogP contribution >= 0.6 is 0 Å². The van der Waals surface area contributed by atoms with Crippen molar-refractivity contribution in [3.05, 3.63) is 35.4 Å². The molecule has 2 fully saturated rings. The number of rotatable bonds is 1. The Labute approximate surface area is 126 Å². The molecule has 2 atom stereocenters. The van der Waals surface area contributed by atoms with Gasteiger partial charge in [-0.25, -0.2) is 0 Å². The predicted molar refractivity (Wildman–Crippen MR) is 81.8 cm³/mol. The lowest BCUT2D eigenvalue weighted by Gasteiger charge is -2.27. The molecule has 1 heterocycles. The Morgan fingerprint density at radius 1 is 1.38 bits per heavy atom. The molecule has 1 saturated carbocycles. The van der Waals surface area contributed by atoms with Crippen molar-refractivity contribution in [1.29, 1.82) is 0 Å². The number of amides is 1. The molecule has 2 aliphatic rings. The molecule has 110 valence electrons. The van der Waals surface area contributed by atoms with Gasteiger partial charge in [0.15, 0.2) is 0 Å². The van der Waals surface area contributed by atoms with Gasteiger partial charge in [-0.05, 0) is 57.2 Å². The molecule has 1 aromatic carbocycles. The molecule has 3 nitrogen and oxygen atoms in total. The lowest BCUT2D eigenvalue weighted by atomic mass is 10.1. The second kappa shape index (κ2) is 5.20. The van der Waals surface area contributed by atoms with Gasteiger partial charge >= 0.3 is 0 Å². The summed E-state index contributed by atoms with van der Waals surface area (Å²) in [6, 6.07) is 7.84. The van der Waals surface area contributed by atoms with E-state index in [4.69, 9.17) is 0 Å². The third-order valence-electron chi connectivity index (χ3n) is 4.29. The largest absolute Gasteiger partial charge is 0.378 e. The summed E-state index contributed by atoms with van der Waals surface area (Å²) in [7, 11) is 0. The van der Waals surface area contributed by atoms with Crippen LogP contribution in [-0.2, 0) is 0 Å². The molecule has 0 aromatic heterocycles. The van der Waals surface area contributed by atoms with E-state index in [0.717, 1.165) is 18.5 Å². The molecular formula is C18H21NO2. The lowest BCUT2D eigenvalue weighted by molar-refractivity contribution is 0.0703. The van der Waals surface area contributed by atoms with Crippen LogP contribution in [0.15, 0.2) is 24.3 Å². The average molecular weight is 283 g/mol. The number of carbonyl (C=O) groups is 1. The van der Waals surface area contributed by atoms with Crippen molar-refractivity contribution in [1.82, 2.24) is 4.90 Å². The predicted octanol–water partition coefficient (Wildman–Crippen LogP) is 2.43. The van der Waals surface area contributed by atoms with Gasteiger partial charge in [-0.1, -0.05) is 17.9 Å². The maximum absolute atomic E-state index is 12.6. The fourth-order valence-corrected chi connectivity index (χ4v) is 3.29. The summed E-state index contributed by atoms with van der Waals surface area (Å²) < 4.78 is 0. The monoisotopic (exact) mass is 283 g/mol. The number of hydrogen-bond donors (Lipinski definition) is 1. The zero-order valence-electron chi connectivity index (χ0n) is 12.6. The summed E-state index contributed by atoms with van der Waals surface area (Å²) in [6.45, 7) is 4.20. The van der Waals surface area contributed by atoms with Gasteiger partial charge in [-0.3, -0.25) is 4.79 Å². The first-order valence-corrected chi connectivity index (χ1v) is 7.59. The van der Waals surface area contributed by atoms with Gasteiger partial charge in [0.2, 0.25) is 0 Å². The van der Waals surface area contributed by atoms with Crippen molar-refractivity contribution in [2.24, 2.45) is 5.92 Å².